The number of aryl methyl sites for hydroxylation is 1. The van der Waals surface area contributed by atoms with Crippen LogP contribution in [0.1, 0.15) is 24.8 Å². The van der Waals surface area contributed by atoms with Crippen molar-refractivity contribution in [2.75, 3.05) is 18.0 Å². The Balaban J connectivity index is 2.12. The number of rotatable bonds is 4. The summed E-state index contributed by atoms with van der Waals surface area (Å²) < 4.78 is 0. The van der Waals surface area contributed by atoms with Crippen LogP contribution in [0, 0.1) is 6.92 Å². The Kier molecular flexibility index (Phi) is 3.21. The molecule has 0 bridgehead atoms. The van der Waals surface area contributed by atoms with Crippen LogP contribution in [-0.4, -0.2) is 24.1 Å². The van der Waals surface area contributed by atoms with Crippen molar-refractivity contribution in [2.24, 2.45) is 5.73 Å². The van der Waals surface area contributed by atoms with Crippen LogP contribution in [0.2, 0.25) is 0 Å². The summed E-state index contributed by atoms with van der Waals surface area (Å²) in [5.74, 6) is 1.08. The Morgan fingerprint density at radius 3 is 2.73 bits per heavy atom. The lowest BCUT2D eigenvalue weighted by Gasteiger charge is -2.38. The Morgan fingerprint density at radius 1 is 1.47 bits per heavy atom. The fraction of sp³-hybridized carbons (Fsp3) is 0.583. The monoisotopic (exact) mass is 205 g/mol. The molecule has 3 nitrogen and oxygen atoms in total. The zero-order valence-corrected chi connectivity index (χ0v) is 9.32. The van der Waals surface area contributed by atoms with Crippen molar-refractivity contribution in [1.29, 1.82) is 0 Å². The van der Waals surface area contributed by atoms with E-state index in [0.717, 1.165) is 12.4 Å². The summed E-state index contributed by atoms with van der Waals surface area (Å²) in [6.07, 6.45) is 5.85. The quantitative estimate of drug-likeness (QED) is 0.813. The molecule has 1 saturated carbocycles. The van der Waals surface area contributed by atoms with Gasteiger partial charge in [0.15, 0.2) is 0 Å². The van der Waals surface area contributed by atoms with Crippen LogP contribution in [-0.2, 0) is 0 Å². The number of aromatic nitrogens is 1. The van der Waals surface area contributed by atoms with Gasteiger partial charge in [-0.3, -0.25) is 0 Å². The van der Waals surface area contributed by atoms with Gasteiger partial charge in [0.25, 0.3) is 0 Å². The predicted molar refractivity (Wildman–Crippen MR) is 63.0 cm³/mol. The average Bonchev–Trinajstić information content (AvgIpc) is 2.16. The van der Waals surface area contributed by atoms with Crippen molar-refractivity contribution in [1.82, 2.24) is 4.98 Å². The molecule has 0 unspecified atom stereocenters. The zero-order chi connectivity index (χ0) is 10.7. The van der Waals surface area contributed by atoms with E-state index < -0.39 is 0 Å². The van der Waals surface area contributed by atoms with Crippen molar-refractivity contribution in [3.8, 4) is 0 Å². The molecule has 2 rings (SSSR count). The highest BCUT2D eigenvalue weighted by atomic mass is 15.2. The van der Waals surface area contributed by atoms with Gasteiger partial charge in [0.05, 0.1) is 0 Å². The molecule has 1 heterocycles. The third kappa shape index (κ3) is 2.29. The molecule has 0 spiro atoms. The number of nitrogens with zero attached hydrogens (tertiary/aromatic N) is 2. The average molecular weight is 205 g/mol. The second-order valence-corrected chi connectivity index (χ2v) is 4.26. The standard InChI is InChI=1S/C12H19N3/c1-10-5-6-12(14-9-10)15(8-7-13)11-3-2-4-11/h5-6,9,11H,2-4,7-8,13H2,1H3. The minimum absolute atomic E-state index is 0.670. The van der Waals surface area contributed by atoms with Gasteiger partial charge in [0, 0.05) is 25.3 Å². The van der Waals surface area contributed by atoms with Crippen molar-refractivity contribution in [3.05, 3.63) is 23.9 Å². The summed E-state index contributed by atoms with van der Waals surface area (Å²) in [7, 11) is 0. The Bertz CT molecular complexity index is 303. The van der Waals surface area contributed by atoms with Gasteiger partial charge < -0.3 is 10.6 Å². The predicted octanol–water partition coefficient (Wildman–Crippen LogP) is 1.71. The van der Waals surface area contributed by atoms with Crippen LogP contribution in [0.4, 0.5) is 5.82 Å². The van der Waals surface area contributed by atoms with E-state index in [2.05, 4.69) is 28.9 Å². The Morgan fingerprint density at radius 2 is 2.27 bits per heavy atom. The first-order chi connectivity index (χ1) is 7.31. The van der Waals surface area contributed by atoms with Gasteiger partial charge in [-0.05, 0) is 37.8 Å². The van der Waals surface area contributed by atoms with Gasteiger partial charge in [0.1, 0.15) is 5.82 Å². The number of hydrogen-bond acceptors (Lipinski definition) is 3. The summed E-state index contributed by atoms with van der Waals surface area (Å²) >= 11 is 0. The molecule has 2 N–H and O–H groups in total. The topological polar surface area (TPSA) is 42.1 Å². The lowest BCUT2D eigenvalue weighted by Crippen LogP contribution is -2.43. The molecule has 1 aliphatic carbocycles. The van der Waals surface area contributed by atoms with E-state index in [9.17, 15) is 0 Å². The molecule has 0 aromatic carbocycles. The molecule has 15 heavy (non-hydrogen) atoms. The van der Waals surface area contributed by atoms with Gasteiger partial charge in [-0.15, -0.1) is 0 Å². The molecule has 0 radical (unpaired) electrons. The van der Waals surface area contributed by atoms with Gasteiger partial charge in [-0.2, -0.15) is 0 Å². The third-order valence-electron chi connectivity index (χ3n) is 3.08. The van der Waals surface area contributed by atoms with Crippen LogP contribution in [0.15, 0.2) is 18.3 Å². The van der Waals surface area contributed by atoms with Crippen molar-refractivity contribution in [2.45, 2.75) is 32.2 Å². The second kappa shape index (κ2) is 4.62. The van der Waals surface area contributed by atoms with Crippen molar-refractivity contribution < 1.29 is 0 Å². The summed E-state index contributed by atoms with van der Waals surface area (Å²) in [5, 5.41) is 0. The highest BCUT2D eigenvalue weighted by molar-refractivity contribution is 5.41. The smallest absolute Gasteiger partial charge is 0.128 e. The lowest BCUT2D eigenvalue weighted by molar-refractivity contribution is 0.386. The van der Waals surface area contributed by atoms with Crippen LogP contribution < -0.4 is 10.6 Å². The van der Waals surface area contributed by atoms with Gasteiger partial charge >= 0.3 is 0 Å². The van der Waals surface area contributed by atoms with E-state index in [4.69, 9.17) is 5.73 Å². The van der Waals surface area contributed by atoms with E-state index in [1.54, 1.807) is 0 Å². The first-order valence-corrected chi connectivity index (χ1v) is 5.70. The van der Waals surface area contributed by atoms with Gasteiger partial charge in [-0.25, -0.2) is 4.98 Å². The molecule has 82 valence electrons. The second-order valence-electron chi connectivity index (χ2n) is 4.26. The summed E-state index contributed by atoms with van der Waals surface area (Å²) in [6, 6.07) is 4.89. The summed E-state index contributed by atoms with van der Waals surface area (Å²) in [6.45, 7) is 3.68. The molecule has 0 atom stereocenters. The van der Waals surface area contributed by atoms with E-state index in [-0.39, 0.29) is 0 Å². The fourth-order valence-electron chi connectivity index (χ4n) is 1.95. The molecular weight excluding hydrogens is 186 g/mol. The molecule has 1 aliphatic rings. The number of hydrogen-bond donors (Lipinski definition) is 1. The molecule has 0 amide bonds. The third-order valence-corrected chi connectivity index (χ3v) is 3.08. The van der Waals surface area contributed by atoms with Crippen molar-refractivity contribution in [3.63, 3.8) is 0 Å². The first kappa shape index (κ1) is 10.4. The normalized spacial score (nSPS) is 16.1. The highest BCUT2D eigenvalue weighted by Gasteiger charge is 2.25. The van der Waals surface area contributed by atoms with E-state index in [1.165, 1.54) is 24.8 Å². The van der Waals surface area contributed by atoms with Crippen LogP contribution in [0.3, 0.4) is 0 Å². The molecule has 0 saturated heterocycles. The lowest BCUT2D eigenvalue weighted by atomic mass is 9.91. The number of nitrogens with two attached hydrogens (primary N) is 1. The maximum absolute atomic E-state index is 5.64. The van der Waals surface area contributed by atoms with Crippen molar-refractivity contribution >= 4 is 5.82 Å². The summed E-state index contributed by atoms with van der Waals surface area (Å²) in [4.78, 5) is 6.82. The largest absolute Gasteiger partial charge is 0.352 e. The maximum atomic E-state index is 5.64. The maximum Gasteiger partial charge on any atom is 0.128 e. The first-order valence-electron chi connectivity index (χ1n) is 5.70. The van der Waals surface area contributed by atoms with E-state index >= 15 is 0 Å². The Labute approximate surface area is 91.3 Å². The van der Waals surface area contributed by atoms with E-state index in [1.807, 2.05) is 6.20 Å². The SMILES string of the molecule is Cc1ccc(N(CCN)C2CCC2)nc1. The molecule has 1 fully saturated rings. The zero-order valence-electron chi connectivity index (χ0n) is 9.32. The Hall–Kier alpha value is -1.09. The fourth-order valence-corrected chi connectivity index (χ4v) is 1.95. The number of pyridine rings is 1. The number of anilines is 1. The van der Waals surface area contributed by atoms with Crippen LogP contribution >= 0.6 is 0 Å². The van der Waals surface area contributed by atoms with E-state index in [0.29, 0.717) is 12.6 Å². The van der Waals surface area contributed by atoms with Crippen LogP contribution in [0.25, 0.3) is 0 Å². The molecular formula is C12H19N3. The van der Waals surface area contributed by atoms with Gasteiger partial charge in [0.2, 0.25) is 0 Å². The molecule has 1 aromatic rings. The molecule has 3 heteroatoms. The highest BCUT2D eigenvalue weighted by Crippen LogP contribution is 2.27. The van der Waals surface area contributed by atoms with Gasteiger partial charge in [-0.1, -0.05) is 6.07 Å². The minimum Gasteiger partial charge on any atom is -0.352 e. The van der Waals surface area contributed by atoms with Crippen LogP contribution in [0.5, 0.6) is 0 Å². The minimum atomic E-state index is 0.670. The summed E-state index contributed by atoms with van der Waals surface area (Å²) in [5.41, 5.74) is 6.85. The molecule has 1 aromatic heterocycles. The molecule has 0 aliphatic heterocycles.